The van der Waals surface area contributed by atoms with Crippen LogP contribution in [0, 0.1) is 0 Å². The number of benzene rings is 1. The summed E-state index contributed by atoms with van der Waals surface area (Å²) in [5, 5.41) is 11.4. The first-order valence-electron chi connectivity index (χ1n) is 4.21. The second-order valence-corrected chi connectivity index (χ2v) is 3.82. The third kappa shape index (κ3) is 1.76. The molecule has 0 aliphatic heterocycles. The Hall–Kier alpha value is -1.39. The van der Waals surface area contributed by atoms with Crippen LogP contribution in [0.1, 0.15) is 5.56 Å². The summed E-state index contributed by atoms with van der Waals surface area (Å²) < 4.78 is 0. The summed E-state index contributed by atoms with van der Waals surface area (Å²) in [6, 6.07) is 7.62. The maximum absolute atomic E-state index is 8.87. The standard InChI is InChI=1S/C10H10N2OS/c11-10-12-9(6-14-10)8-3-1-7(5-13)2-4-8/h1-4,6,13H,5H2,(H2,11,12). The number of nitrogen functional groups attached to an aromatic ring is 1. The normalized spacial score (nSPS) is 10.4. The summed E-state index contributed by atoms with van der Waals surface area (Å²) in [5.74, 6) is 0. The summed E-state index contributed by atoms with van der Waals surface area (Å²) in [4.78, 5) is 4.17. The molecule has 1 aromatic heterocycles. The molecule has 0 radical (unpaired) electrons. The first-order chi connectivity index (χ1) is 6.79. The van der Waals surface area contributed by atoms with Crippen LogP contribution in [0.5, 0.6) is 0 Å². The summed E-state index contributed by atoms with van der Waals surface area (Å²) in [5.41, 5.74) is 8.35. The quantitative estimate of drug-likeness (QED) is 0.788. The van der Waals surface area contributed by atoms with Gasteiger partial charge in [-0.25, -0.2) is 4.98 Å². The van der Waals surface area contributed by atoms with Crippen LogP contribution in [0.15, 0.2) is 29.6 Å². The maximum atomic E-state index is 8.87. The topological polar surface area (TPSA) is 59.1 Å². The summed E-state index contributed by atoms with van der Waals surface area (Å²) in [6.45, 7) is 0.0689. The Kier molecular flexibility index (Phi) is 2.47. The Morgan fingerprint density at radius 3 is 2.50 bits per heavy atom. The molecule has 0 aliphatic carbocycles. The van der Waals surface area contributed by atoms with Crippen LogP contribution >= 0.6 is 11.3 Å². The van der Waals surface area contributed by atoms with Crippen LogP contribution in [0.25, 0.3) is 11.3 Å². The molecule has 0 amide bonds. The Morgan fingerprint density at radius 1 is 1.29 bits per heavy atom. The Balaban J connectivity index is 2.33. The van der Waals surface area contributed by atoms with Gasteiger partial charge < -0.3 is 10.8 Å². The van der Waals surface area contributed by atoms with Gasteiger partial charge in [0, 0.05) is 10.9 Å². The molecule has 0 unspecified atom stereocenters. The van der Waals surface area contributed by atoms with Crippen LogP contribution in [0.2, 0.25) is 0 Å². The molecule has 0 atom stereocenters. The van der Waals surface area contributed by atoms with E-state index in [4.69, 9.17) is 10.8 Å². The van der Waals surface area contributed by atoms with Crippen molar-refractivity contribution < 1.29 is 5.11 Å². The van der Waals surface area contributed by atoms with Gasteiger partial charge in [-0.15, -0.1) is 11.3 Å². The minimum Gasteiger partial charge on any atom is -0.392 e. The van der Waals surface area contributed by atoms with Gasteiger partial charge >= 0.3 is 0 Å². The second-order valence-electron chi connectivity index (χ2n) is 2.93. The van der Waals surface area contributed by atoms with Gasteiger partial charge in [0.2, 0.25) is 0 Å². The van der Waals surface area contributed by atoms with Crippen molar-refractivity contribution in [3.8, 4) is 11.3 Å². The Labute approximate surface area is 85.8 Å². The molecule has 2 aromatic rings. The minimum absolute atomic E-state index is 0.0689. The number of aliphatic hydroxyl groups is 1. The average Bonchev–Trinajstić information content (AvgIpc) is 2.65. The van der Waals surface area contributed by atoms with Crippen LogP contribution < -0.4 is 5.73 Å². The number of anilines is 1. The summed E-state index contributed by atoms with van der Waals surface area (Å²) in [6.07, 6.45) is 0. The largest absolute Gasteiger partial charge is 0.392 e. The fraction of sp³-hybridized carbons (Fsp3) is 0.100. The zero-order valence-corrected chi connectivity index (χ0v) is 8.29. The molecule has 2 rings (SSSR count). The van der Waals surface area contributed by atoms with Gasteiger partial charge in [0.05, 0.1) is 12.3 Å². The number of hydrogen-bond acceptors (Lipinski definition) is 4. The van der Waals surface area contributed by atoms with Crippen molar-refractivity contribution in [3.63, 3.8) is 0 Å². The van der Waals surface area contributed by atoms with E-state index < -0.39 is 0 Å². The van der Waals surface area contributed by atoms with Gasteiger partial charge in [0.15, 0.2) is 5.13 Å². The Bertz CT molecular complexity index is 422. The zero-order chi connectivity index (χ0) is 9.97. The van der Waals surface area contributed by atoms with E-state index >= 15 is 0 Å². The molecule has 0 saturated heterocycles. The molecule has 0 spiro atoms. The minimum atomic E-state index is 0.0689. The number of thiazole rings is 1. The van der Waals surface area contributed by atoms with E-state index in [1.54, 1.807) is 0 Å². The lowest BCUT2D eigenvalue weighted by molar-refractivity contribution is 0.282. The fourth-order valence-electron chi connectivity index (χ4n) is 1.20. The van der Waals surface area contributed by atoms with Gasteiger partial charge in [-0.2, -0.15) is 0 Å². The number of aromatic nitrogens is 1. The highest BCUT2D eigenvalue weighted by atomic mass is 32.1. The summed E-state index contributed by atoms with van der Waals surface area (Å²) in [7, 11) is 0. The molecule has 3 nitrogen and oxygen atoms in total. The monoisotopic (exact) mass is 206 g/mol. The number of nitrogens with two attached hydrogens (primary N) is 1. The lowest BCUT2D eigenvalue weighted by atomic mass is 10.1. The third-order valence-electron chi connectivity index (χ3n) is 1.95. The van der Waals surface area contributed by atoms with Crippen molar-refractivity contribution in [2.45, 2.75) is 6.61 Å². The highest BCUT2D eigenvalue weighted by Crippen LogP contribution is 2.23. The first kappa shape index (κ1) is 9.18. The van der Waals surface area contributed by atoms with E-state index in [1.165, 1.54) is 11.3 Å². The predicted molar refractivity (Wildman–Crippen MR) is 57.9 cm³/mol. The second kappa shape index (κ2) is 3.77. The lowest BCUT2D eigenvalue weighted by Gasteiger charge is -1.98. The predicted octanol–water partition coefficient (Wildman–Crippen LogP) is 1.88. The SMILES string of the molecule is Nc1nc(-c2ccc(CO)cc2)cs1. The van der Waals surface area contributed by atoms with Crippen molar-refractivity contribution in [1.29, 1.82) is 0 Å². The van der Waals surface area contributed by atoms with E-state index in [0.29, 0.717) is 5.13 Å². The molecular formula is C10H10N2OS. The molecule has 0 bridgehead atoms. The van der Waals surface area contributed by atoms with Gasteiger partial charge in [-0.1, -0.05) is 24.3 Å². The van der Waals surface area contributed by atoms with E-state index in [-0.39, 0.29) is 6.61 Å². The first-order valence-corrected chi connectivity index (χ1v) is 5.09. The zero-order valence-electron chi connectivity index (χ0n) is 7.47. The van der Waals surface area contributed by atoms with Gasteiger partial charge in [-0.3, -0.25) is 0 Å². The third-order valence-corrected chi connectivity index (χ3v) is 2.63. The number of rotatable bonds is 2. The molecule has 3 N–H and O–H groups in total. The highest BCUT2D eigenvalue weighted by Gasteiger charge is 2.01. The van der Waals surface area contributed by atoms with Crippen molar-refractivity contribution in [3.05, 3.63) is 35.2 Å². The Morgan fingerprint density at radius 2 is 2.00 bits per heavy atom. The summed E-state index contributed by atoms with van der Waals surface area (Å²) >= 11 is 1.43. The highest BCUT2D eigenvalue weighted by molar-refractivity contribution is 7.13. The number of aliphatic hydroxyl groups excluding tert-OH is 1. The van der Waals surface area contributed by atoms with Crippen LogP contribution in [0.3, 0.4) is 0 Å². The van der Waals surface area contributed by atoms with Crippen LogP contribution in [0.4, 0.5) is 5.13 Å². The van der Waals surface area contributed by atoms with Crippen molar-refractivity contribution >= 4 is 16.5 Å². The maximum Gasteiger partial charge on any atom is 0.180 e. The average molecular weight is 206 g/mol. The number of hydrogen-bond donors (Lipinski definition) is 2. The molecule has 72 valence electrons. The van der Waals surface area contributed by atoms with Crippen LogP contribution in [-0.4, -0.2) is 10.1 Å². The molecule has 0 fully saturated rings. The van der Waals surface area contributed by atoms with Crippen molar-refractivity contribution in [1.82, 2.24) is 4.98 Å². The van der Waals surface area contributed by atoms with Crippen molar-refractivity contribution in [2.24, 2.45) is 0 Å². The number of nitrogens with zero attached hydrogens (tertiary/aromatic N) is 1. The van der Waals surface area contributed by atoms with Crippen molar-refractivity contribution in [2.75, 3.05) is 5.73 Å². The van der Waals surface area contributed by atoms with E-state index in [1.807, 2.05) is 29.6 Å². The van der Waals surface area contributed by atoms with E-state index in [0.717, 1.165) is 16.8 Å². The lowest BCUT2D eigenvalue weighted by Crippen LogP contribution is -1.85. The molecule has 14 heavy (non-hydrogen) atoms. The van der Waals surface area contributed by atoms with Gasteiger partial charge in [0.1, 0.15) is 0 Å². The van der Waals surface area contributed by atoms with Crippen LogP contribution in [-0.2, 0) is 6.61 Å². The molecule has 1 heterocycles. The molecular weight excluding hydrogens is 196 g/mol. The van der Waals surface area contributed by atoms with Gasteiger partial charge in [0.25, 0.3) is 0 Å². The van der Waals surface area contributed by atoms with Gasteiger partial charge in [-0.05, 0) is 5.56 Å². The fourth-order valence-corrected chi connectivity index (χ4v) is 1.77. The molecule has 0 saturated carbocycles. The molecule has 1 aromatic carbocycles. The van der Waals surface area contributed by atoms with E-state index in [9.17, 15) is 0 Å². The van der Waals surface area contributed by atoms with E-state index in [2.05, 4.69) is 4.98 Å². The smallest absolute Gasteiger partial charge is 0.180 e. The molecule has 0 aliphatic rings. The molecule has 4 heteroatoms.